The molecule has 0 aromatic heterocycles. The van der Waals surface area contributed by atoms with Crippen LogP contribution in [0.15, 0.2) is 0 Å². The van der Waals surface area contributed by atoms with Crippen molar-refractivity contribution in [2.24, 2.45) is 0 Å². The highest BCUT2D eigenvalue weighted by atomic mass is 16.6. The van der Waals surface area contributed by atoms with Crippen molar-refractivity contribution in [2.75, 3.05) is 19.8 Å². The third-order valence-corrected chi connectivity index (χ3v) is 6.12. The first-order valence-electron chi connectivity index (χ1n) is 12.0. The molecule has 0 aliphatic carbocycles. The second-order valence-corrected chi connectivity index (χ2v) is 8.49. The molecular formula is C24H48O2. The van der Waals surface area contributed by atoms with Crippen molar-refractivity contribution < 1.29 is 9.47 Å². The van der Waals surface area contributed by atoms with Gasteiger partial charge in [-0.15, -0.1) is 0 Å². The van der Waals surface area contributed by atoms with Crippen LogP contribution in [-0.4, -0.2) is 25.4 Å². The predicted octanol–water partition coefficient (Wildman–Crippen LogP) is 7.83. The number of rotatable bonds is 20. The summed E-state index contributed by atoms with van der Waals surface area (Å²) in [5.74, 6) is 0. The maximum Gasteiger partial charge on any atom is 0.0934 e. The molecule has 1 heterocycles. The van der Waals surface area contributed by atoms with E-state index in [0.717, 1.165) is 26.2 Å². The van der Waals surface area contributed by atoms with E-state index in [0.29, 0.717) is 0 Å². The maximum atomic E-state index is 5.83. The molecule has 1 unspecified atom stereocenters. The molecule has 0 aromatic carbocycles. The Kier molecular flexibility index (Phi) is 15.7. The molecule has 0 spiro atoms. The topological polar surface area (TPSA) is 18.5 Å². The van der Waals surface area contributed by atoms with Gasteiger partial charge in [0.05, 0.1) is 18.8 Å². The summed E-state index contributed by atoms with van der Waals surface area (Å²) in [7, 11) is 0. The zero-order valence-electron chi connectivity index (χ0n) is 18.2. The Morgan fingerprint density at radius 2 is 1.08 bits per heavy atom. The summed E-state index contributed by atoms with van der Waals surface area (Å²) < 4.78 is 11.5. The Balaban J connectivity index is 1.67. The quantitative estimate of drug-likeness (QED) is 0.204. The molecule has 0 amide bonds. The molecule has 156 valence electrons. The summed E-state index contributed by atoms with van der Waals surface area (Å²) in [6, 6.07) is 0. The molecule has 2 heteroatoms. The average Bonchev–Trinajstić information content (AvgIpc) is 2.62. The largest absolute Gasteiger partial charge is 0.378 e. The molecule has 0 N–H and O–H groups in total. The summed E-state index contributed by atoms with van der Waals surface area (Å²) >= 11 is 0. The van der Waals surface area contributed by atoms with E-state index in [1.807, 2.05) is 0 Å². The van der Waals surface area contributed by atoms with Crippen molar-refractivity contribution in [1.29, 1.82) is 0 Å². The van der Waals surface area contributed by atoms with Crippen LogP contribution in [0.5, 0.6) is 0 Å². The van der Waals surface area contributed by atoms with Gasteiger partial charge < -0.3 is 9.47 Å². The fourth-order valence-electron chi connectivity index (χ4n) is 3.90. The lowest BCUT2D eigenvalue weighted by molar-refractivity contribution is -0.182. The zero-order chi connectivity index (χ0) is 18.8. The van der Waals surface area contributed by atoms with Gasteiger partial charge in [0.25, 0.3) is 0 Å². The van der Waals surface area contributed by atoms with Crippen molar-refractivity contribution in [2.45, 2.75) is 135 Å². The van der Waals surface area contributed by atoms with E-state index in [1.54, 1.807) is 0 Å². The van der Waals surface area contributed by atoms with Gasteiger partial charge >= 0.3 is 0 Å². The molecule has 1 aliphatic heterocycles. The van der Waals surface area contributed by atoms with Crippen LogP contribution in [0.2, 0.25) is 0 Å². The van der Waals surface area contributed by atoms with E-state index in [2.05, 4.69) is 13.8 Å². The molecule has 0 saturated carbocycles. The van der Waals surface area contributed by atoms with E-state index in [9.17, 15) is 0 Å². The van der Waals surface area contributed by atoms with Gasteiger partial charge in [0.15, 0.2) is 0 Å². The van der Waals surface area contributed by atoms with E-state index >= 15 is 0 Å². The monoisotopic (exact) mass is 368 g/mol. The summed E-state index contributed by atoms with van der Waals surface area (Å²) in [6.07, 6.45) is 25.0. The lowest BCUT2D eigenvalue weighted by atomic mass is 9.93. The van der Waals surface area contributed by atoms with E-state index in [4.69, 9.17) is 9.47 Å². The highest BCUT2D eigenvalue weighted by Crippen LogP contribution is 2.30. The van der Waals surface area contributed by atoms with Crippen LogP contribution in [0.4, 0.5) is 0 Å². The van der Waals surface area contributed by atoms with Gasteiger partial charge in [-0.2, -0.15) is 0 Å². The fraction of sp³-hybridized carbons (Fsp3) is 1.00. The number of hydrogen-bond donors (Lipinski definition) is 0. The Morgan fingerprint density at radius 1 is 0.654 bits per heavy atom. The predicted molar refractivity (Wildman–Crippen MR) is 114 cm³/mol. The van der Waals surface area contributed by atoms with E-state index < -0.39 is 0 Å². The van der Waals surface area contributed by atoms with Crippen LogP contribution >= 0.6 is 0 Å². The number of ether oxygens (including phenoxy) is 2. The second-order valence-electron chi connectivity index (χ2n) is 8.49. The normalized spacial score (nSPS) is 19.6. The lowest BCUT2D eigenvalue weighted by Crippen LogP contribution is -2.47. The van der Waals surface area contributed by atoms with Crippen molar-refractivity contribution >= 4 is 0 Å². The van der Waals surface area contributed by atoms with Gasteiger partial charge in [0.2, 0.25) is 0 Å². The first-order valence-corrected chi connectivity index (χ1v) is 12.0. The molecule has 1 aliphatic rings. The van der Waals surface area contributed by atoms with Crippen LogP contribution in [0.25, 0.3) is 0 Å². The minimum atomic E-state index is 0.0784. The molecular weight excluding hydrogens is 320 g/mol. The molecule has 26 heavy (non-hydrogen) atoms. The van der Waals surface area contributed by atoms with Gasteiger partial charge in [-0.05, 0) is 12.8 Å². The van der Waals surface area contributed by atoms with Crippen LogP contribution in [0.1, 0.15) is 129 Å². The first-order chi connectivity index (χ1) is 12.8. The van der Waals surface area contributed by atoms with Crippen LogP contribution in [0.3, 0.4) is 0 Å². The molecule has 2 nitrogen and oxygen atoms in total. The van der Waals surface area contributed by atoms with Crippen LogP contribution < -0.4 is 0 Å². The lowest BCUT2D eigenvalue weighted by Gasteiger charge is -2.40. The second kappa shape index (κ2) is 17.0. The zero-order valence-corrected chi connectivity index (χ0v) is 18.2. The van der Waals surface area contributed by atoms with Gasteiger partial charge in [-0.25, -0.2) is 0 Å². The van der Waals surface area contributed by atoms with E-state index in [1.165, 1.54) is 109 Å². The highest BCUT2D eigenvalue weighted by Gasteiger charge is 2.36. The molecule has 0 aromatic rings. The smallest absolute Gasteiger partial charge is 0.0934 e. The SMILES string of the molecule is CCCCCCCCCCCCCCCCCCOCC1(CC)CCO1. The summed E-state index contributed by atoms with van der Waals surface area (Å²) in [4.78, 5) is 0. The highest BCUT2D eigenvalue weighted by molar-refractivity contribution is 4.85. The van der Waals surface area contributed by atoms with E-state index in [-0.39, 0.29) is 5.60 Å². The van der Waals surface area contributed by atoms with Gasteiger partial charge in [-0.3, -0.25) is 0 Å². The van der Waals surface area contributed by atoms with Crippen molar-refractivity contribution in [3.63, 3.8) is 0 Å². The minimum absolute atomic E-state index is 0.0784. The summed E-state index contributed by atoms with van der Waals surface area (Å²) in [5, 5.41) is 0. The van der Waals surface area contributed by atoms with Crippen molar-refractivity contribution in [3.05, 3.63) is 0 Å². The maximum absolute atomic E-state index is 5.83. The minimum Gasteiger partial charge on any atom is -0.378 e. The Morgan fingerprint density at radius 3 is 1.42 bits per heavy atom. The molecule has 1 saturated heterocycles. The third-order valence-electron chi connectivity index (χ3n) is 6.12. The standard InChI is InChI=1S/C24H48O2/c1-3-5-6-7-8-9-10-11-12-13-14-15-16-17-18-19-21-25-23-24(4-2)20-22-26-24/h3-23H2,1-2H3. The molecule has 1 rings (SSSR count). The fourth-order valence-corrected chi connectivity index (χ4v) is 3.90. The Bertz CT molecular complexity index is 280. The summed E-state index contributed by atoms with van der Waals surface area (Å²) in [6.45, 7) is 7.15. The van der Waals surface area contributed by atoms with Crippen molar-refractivity contribution in [1.82, 2.24) is 0 Å². The van der Waals surface area contributed by atoms with Crippen LogP contribution in [0, 0.1) is 0 Å². The third kappa shape index (κ3) is 12.3. The Hall–Kier alpha value is -0.0800. The molecule has 1 fully saturated rings. The van der Waals surface area contributed by atoms with Gasteiger partial charge in [0.1, 0.15) is 0 Å². The van der Waals surface area contributed by atoms with Gasteiger partial charge in [-0.1, -0.05) is 110 Å². The number of unbranched alkanes of at least 4 members (excludes halogenated alkanes) is 15. The molecule has 1 atom stereocenters. The summed E-state index contributed by atoms with van der Waals surface area (Å²) in [5.41, 5.74) is 0.0784. The van der Waals surface area contributed by atoms with Crippen LogP contribution in [-0.2, 0) is 9.47 Å². The van der Waals surface area contributed by atoms with Crippen molar-refractivity contribution in [3.8, 4) is 0 Å². The molecule has 0 radical (unpaired) electrons. The molecule has 0 bridgehead atoms. The van der Waals surface area contributed by atoms with Gasteiger partial charge in [0, 0.05) is 13.0 Å². The number of hydrogen-bond acceptors (Lipinski definition) is 2. The Labute approximate surface area is 164 Å². The first kappa shape index (κ1) is 24.0. The average molecular weight is 369 g/mol.